The van der Waals surface area contributed by atoms with Crippen LogP contribution in [0.25, 0.3) is 0 Å². The molecule has 1 rings (SSSR count). The highest BCUT2D eigenvalue weighted by molar-refractivity contribution is 5.26. The quantitative estimate of drug-likeness (QED) is 0.657. The van der Waals surface area contributed by atoms with Gasteiger partial charge in [-0.3, -0.25) is 0 Å². The second kappa shape index (κ2) is 9.09. The van der Waals surface area contributed by atoms with E-state index in [2.05, 4.69) is 48.7 Å². The summed E-state index contributed by atoms with van der Waals surface area (Å²) >= 11 is 0. The van der Waals surface area contributed by atoms with Crippen LogP contribution in [-0.2, 0) is 17.7 Å². The lowest BCUT2D eigenvalue weighted by atomic mass is 10.1. The standard InChI is InChI=1S/C15H26N2O/c1-4-14-7-5-6-8-15(14)12-17-13(2)11-16-9-10-18-3/h5-8,13,16-17H,4,9-12H2,1-3H3. The van der Waals surface area contributed by atoms with E-state index in [1.807, 2.05) is 0 Å². The number of rotatable bonds is 9. The summed E-state index contributed by atoms with van der Waals surface area (Å²) in [5.74, 6) is 0. The van der Waals surface area contributed by atoms with E-state index in [0.717, 1.165) is 32.7 Å². The molecule has 3 nitrogen and oxygen atoms in total. The molecule has 1 aromatic rings. The summed E-state index contributed by atoms with van der Waals surface area (Å²) < 4.78 is 5.00. The van der Waals surface area contributed by atoms with Gasteiger partial charge in [-0.25, -0.2) is 0 Å². The normalized spacial score (nSPS) is 12.6. The molecule has 0 fully saturated rings. The molecule has 0 saturated heterocycles. The summed E-state index contributed by atoms with van der Waals surface area (Å²) in [6.45, 7) is 8.00. The minimum Gasteiger partial charge on any atom is -0.383 e. The first-order valence-corrected chi connectivity index (χ1v) is 6.77. The summed E-state index contributed by atoms with van der Waals surface area (Å²) in [4.78, 5) is 0. The van der Waals surface area contributed by atoms with Crippen molar-refractivity contribution in [1.29, 1.82) is 0 Å². The second-order valence-electron chi connectivity index (χ2n) is 4.60. The van der Waals surface area contributed by atoms with Crippen molar-refractivity contribution >= 4 is 0 Å². The first kappa shape index (κ1) is 15.2. The van der Waals surface area contributed by atoms with Crippen molar-refractivity contribution in [2.45, 2.75) is 32.9 Å². The van der Waals surface area contributed by atoms with Crippen LogP contribution in [0.2, 0.25) is 0 Å². The summed E-state index contributed by atoms with van der Waals surface area (Å²) in [5.41, 5.74) is 2.84. The van der Waals surface area contributed by atoms with Crippen LogP contribution in [0.1, 0.15) is 25.0 Å². The van der Waals surface area contributed by atoms with Gasteiger partial charge in [0.1, 0.15) is 0 Å². The number of nitrogens with one attached hydrogen (secondary N) is 2. The molecule has 0 saturated carbocycles. The molecule has 0 aliphatic rings. The van der Waals surface area contributed by atoms with Gasteiger partial charge in [-0.1, -0.05) is 31.2 Å². The predicted molar refractivity (Wildman–Crippen MR) is 76.9 cm³/mol. The van der Waals surface area contributed by atoms with Gasteiger partial charge in [0.15, 0.2) is 0 Å². The molecule has 0 amide bonds. The smallest absolute Gasteiger partial charge is 0.0587 e. The minimum atomic E-state index is 0.465. The maximum atomic E-state index is 5.00. The Morgan fingerprint density at radius 2 is 1.94 bits per heavy atom. The molecule has 18 heavy (non-hydrogen) atoms. The van der Waals surface area contributed by atoms with Gasteiger partial charge < -0.3 is 15.4 Å². The van der Waals surface area contributed by atoms with Crippen molar-refractivity contribution in [3.63, 3.8) is 0 Å². The molecule has 0 spiro atoms. The summed E-state index contributed by atoms with van der Waals surface area (Å²) in [7, 11) is 1.73. The average molecular weight is 250 g/mol. The molecule has 0 aliphatic heterocycles. The van der Waals surface area contributed by atoms with Gasteiger partial charge in [0.05, 0.1) is 6.61 Å². The van der Waals surface area contributed by atoms with Crippen LogP contribution in [0.15, 0.2) is 24.3 Å². The Bertz CT molecular complexity index is 328. The SMILES string of the molecule is CCc1ccccc1CNC(C)CNCCOC. The fourth-order valence-electron chi connectivity index (χ4n) is 1.92. The molecule has 2 N–H and O–H groups in total. The number of hydrogen-bond donors (Lipinski definition) is 2. The van der Waals surface area contributed by atoms with Crippen molar-refractivity contribution in [3.05, 3.63) is 35.4 Å². The number of benzene rings is 1. The fourth-order valence-corrected chi connectivity index (χ4v) is 1.92. The zero-order valence-corrected chi connectivity index (χ0v) is 11.8. The van der Waals surface area contributed by atoms with Crippen molar-refractivity contribution in [1.82, 2.24) is 10.6 Å². The first-order valence-electron chi connectivity index (χ1n) is 6.77. The Kier molecular flexibility index (Phi) is 7.65. The Morgan fingerprint density at radius 1 is 1.22 bits per heavy atom. The van der Waals surface area contributed by atoms with E-state index in [1.54, 1.807) is 7.11 Å². The highest BCUT2D eigenvalue weighted by Gasteiger charge is 2.03. The third-order valence-electron chi connectivity index (χ3n) is 3.07. The van der Waals surface area contributed by atoms with Gasteiger partial charge in [0, 0.05) is 32.8 Å². The number of hydrogen-bond acceptors (Lipinski definition) is 3. The highest BCUT2D eigenvalue weighted by Crippen LogP contribution is 2.09. The molecule has 0 radical (unpaired) electrons. The molecule has 102 valence electrons. The zero-order chi connectivity index (χ0) is 13.2. The van der Waals surface area contributed by atoms with Crippen LogP contribution in [0.3, 0.4) is 0 Å². The summed E-state index contributed by atoms with van der Waals surface area (Å²) in [6, 6.07) is 9.09. The van der Waals surface area contributed by atoms with Crippen LogP contribution in [0.5, 0.6) is 0 Å². The lowest BCUT2D eigenvalue weighted by Gasteiger charge is -2.16. The zero-order valence-electron chi connectivity index (χ0n) is 11.8. The van der Waals surface area contributed by atoms with Crippen LogP contribution in [0, 0.1) is 0 Å². The molecule has 0 aliphatic carbocycles. The Balaban J connectivity index is 2.26. The molecular weight excluding hydrogens is 224 g/mol. The predicted octanol–water partition coefficient (Wildman–Crippen LogP) is 1.96. The molecule has 1 atom stereocenters. The molecular formula is C15H26N2O. The summed E-state index contributed by atoms with van der Waals surface area (Å²) in [5, 5.41) is 6.91. The Morgan fingerprint density at radius 3 is 2.61 bits per heavy atom. The lowest BCUT2D eigenvalue weighted by molar-refractivity contribution is 0.198. The minimum absolute atomic E-state index is 0.465. The van der Waals surface area contributed by atoms with Crippen molar-refractivity contribution in [2.24, 2.45) is 0 Å². The highest BCUT2D eigenvalue weighted by atomic mass is 16.5. The molecule has 1 aromatic carbocycles. The van der Waals surface area contributed by atoms with Crippen LogP contribution < -0.4 is 10.6 Å². The molecule has 1 unspecified atom stereocenters. The van der Waals surface area contributed by atoms with E-state index in [9.17, 15) is 0 Å². The topological polar surface area (TPSA) is 33.3 Å². The average Bonchev–Trinajstić information content (AvgIpc) is 2.41. The maximum Gasteiger partial charge on any atom is 0.0587 e. The maximum absolute atomic E-state index is 5.00. The van der Waals surface area contributed by atoms with Crippen molar-refractivity contribution in [3.8, 4) is 0 Å². The van der Waals surface area contributed by atoms with Crippen molar-refractivity contribution in [2.75, 3.05) is 26.8 Å². The monoisotopic (exact) mass is 250 g/mol. The Labute approximate surface area is 111 Å². The number of methoxy groups -OCH3 is 1. The van der Waals surface area contributed by atoms with E-state index in [0.29, 0.717) is 6.04 Å². The van der Waals surface area contributed by atoms with Gasteiger partial charge in [-0.2, -0.15) is 0 Å². The van der Waals surface area contributed by atoms with E-state index in [-0.39, 0.29) is 0 Å². The van der Waals surface area contributed by atoms with E-state index in [1.165, 1.54) is 11.1 Å². The van der Waals surface area contributed by atoms with Crippen LogP contribution >= 0.6 is 0 Å². The molecule has 0 aromatic heterocycles. The van der Waals surface area contributed by atoms with Gasteiger partial charge in [-0.05, 0) is 24.5 Å². The molecule has 3 heteroatoms. The molecule has 0 heterocycles. The Hall–Kier alpha value is -0.900. The third kappa shape index (κ3) is 5.63. The van der Waals surface area contributed by atoms with E-state index < -0.39 is 0 Å². The fraction of sp³-hybridized carbons (Fsp3) is 0.600. The van der Waals surface area contributed by atoms with Crippen LogP contribution in [0.4, 0.5) is 0 Å². The van der Waals surface area contributed by atoms with Gasteiger partial charge >= 0.3 is 0 Å². The van der Waals surface area contributed by atoms with Crippen LogP contribution in [-0.4, -0.2) is 32.8 Å². The number of aryl methyl sites for hydroxylation is 1. The number of ether oxygens (including phenoxy) is 1. The van der Waals surface area contributed by atoms with Gasteiger partial charge in [0.2, 0.25) is 0 Å². The second-order valence-corrected chi connectivity index (χ2v) is 4.60. The lowest BCUT2D eigenvalue weighted by Crippen LogP contribution is -2.37. The summed E-state index contributed by atoms with van der Waals surface area (Å²) in [6.07, 6.45) is 1.10. The van der Waals surface area contributed by atoms with E-state index >= 15 is 0 Å². The van der Waals surface area contributed by atoms with Crippen molar-refractivity contribution < 1.29 is 4.74 Å². The third-order valence-corrected chi connectivity index (χ3v) is 3.07. The first-order chi connectivity index (χ1) is 8.77. The van der Waals surface area contributed by atoms with E-state index in [4.69, 9.17) is 4.74 Å². The largest absolute Gasteiger partial charge is 0.383 e. The molecule has 0 bridgehead atoms. The van der Waals surface area contributed by atoms with Gasteiger partial charge in [0.25, 0.3) is 0 Å². The van der Waals surface area contributed by atoms with Gasteiger partial charge in [-0.15, -0.1) is 0 Å².